The molecule has 0 spiro atoms. The summed E-state index contributed by atoms with van der Waals surface area (Å²) in [6.07, 6.45) is 1.37. The van der Waals surface area contributed by atoms with Crippen molar-refractivity contribution in [3.8, 4) is 0 Å². The van der Waals surface area contributed by atoms with Crippen LogP contribution in [0, 0.1) is 11.6 Å². The number of hydrogen-bond donors (Lipinski definition) is 2. The van der Waals surface area contributed by atoms with Crippen molar-refractivity contribution in [3.63, 3.8) is 0 Å². The lowest BCUT2D eigenvalue weighted by Gasteiger charge is -2.22. The van der Waals surface area contributed by atoms with E-state index in [-0.39, 0.29) is 18.2 Å². The highest BCUT2D eigenvalue weighted by Crippen LogP contribution is 2.23. The van der Waals surface area contributed by atoms with Gasteiger partial charge in [-0.05, 0) is 42.0 Å². The molecule has 0 atom stereocenters. The Hall–Kier alpha value is -0.700. The molecule has 3 N–H and O–H groups in total. The molecule has 1 heterocycles. The predicted molar refractivity (Wildman–Crippen MR) is 74.9 cm³/mol. The molecular formula is C12H16F2N2O2S2. The van der Waals surface area contributed by atoms with Gasteiger partial charge in [-0.2, -0.15) is 11.8 Å². The fourth-order valence-electron chi connectivity index (χ4n) is 2.03. The van der Waals surface area contributed by atoms with Crippen LogP contribution in [0.5, 0.6) is 0 Å². The molecule has 1 fully saturated rings. The van der Waals surface area contributed by atoms with Crippen LogP contribution in [-0.2, 0) is 16.6 Å². The molecule has 0 aromatic heterocycles. The van der Waals surface area contributed by atoms with Gasteiger partial charge in [-0.1, -0.05) is 0 Å². The van der Waals surface area contributed by atoms with Crippen molar-refractivity contribution < 1.29 is 17.2 Å². The number of sulfonamides is 1. The van der Waals surface area contributed by atoms with E-state index < -0.39 is 26.6 Å². The summed E-state index contributed by atoms with van der Waals surface area (Å²) in [6, 6.07) is 1.76. The lowest BCUT2D eigenvalue weighted by Crippen LogP contribution is -2.37. The van der Waals surface area contributed by atoms with Crippen molar-refractivity contribution in [1.29, 1.82) is 0 Å². The number of rotatable bonds is 4. The molecule has 20 heavy (non-hydrogen) atoms. The van der Waals surface area contributed by atoms with Crippen LogP contribution < -0.4 is 10.5 Å². The molecule has 0 aliphatic carbocycles. The van der Waals surface area contributed by atoms with Crippen molar-refractivity contribution in [2.75, 3.05) is 11.5 Å². The third kappa shape index (κ3) is 3.49. The van der Waals surface area contributed by atoms with Crippen molar-refractivity contribution in [2.24, 2.45) is 5.73 Å². The number of halogens is 2. The number of benzene rings is 1. The van der Waals surface area contributed by atoms with Gasteiger partial charge in [-0.25, -0.2) is 21.9 Å². The van der Waals surface area contributed by atoms with Crippen LogP contribution in [0.4, 0.5) is 8.78 Å². The monoisotopic (exact) mass is 322 g/mol. The molecule has 1 aliphatic heterocycles. The molecule has 8 heteroatoms. The van der Waals surface area contributed by atoms with E-state index in [1.807, 2.05) is 0 Å². The van der Waals surface area contributed by atoms with Crippen LogP contribution in [0.2, 0.25) is 0 Å². The van der Waals surface area contributed by atoms with E-state index in [0.717, 1.165) is 23.6 Å². The van der Waals surface area contributed by atoms with E-state index in [1.165, 1.54) is 0 Å². The predicted octanol–water partition coefficient (Wildman–Crippen LogP) is 1.60. The van der Waals surface area contributed by atoms with E-state index >= 15 is 0 Å². The zero-order valence-corrected chi connectivity index (χ0v) is 12.4. The standard InChI is InChI=1S/C12H16F2N2O2S2/c13-10-5-8(7-15)6-11(12(10)14)20(17,18)16-9-1-3-19-4-2-9/h5-6,9,16H,1-4,7,15H2. The Morgan fingerprint density at radius 3 is 2.55 bits per heavy atom. The normalized spacial score (nSPS) is 17.4. The minimum Gasteiger partial charge on any atom is -0.326 e. The van der Waals surface area contributed by atoms with Gasteiger partial charge in [0.05, 0.1) is 0 Å². The Bertz CT molecular complexity index is 587. The highest BCUT2D eigenvalue weighted by molar-refractivity contribution is 7.99. The maximum Gasteiger partial charge on any atom is 0.243 e. The summed E-state index contributed by atoms with van der Waals surface area (Å²) in [5, 5.41) is 0. The molecule has 0 bridgehead atoms. The first kappa shape index (κ1) is 15.7. The van der Waals surface area contributed by atoms with Gasteiger partial charge in [0, 0.05) is 12.6 Å². The van der Waals surface area contributed by atoms with Crippen molar-refractivity contribution in [2.45, 2.75) is 30.3 Å². The van der Waals surface area contributed by atoms with Gasteiger partial charge in [0.1, 0.15) is 4.90 Å². The quantitative estimate of drug-likeness (QED) is 0.883. The number of nitrogens with one attached hydrogen (secondary N) is 1. The number of hydrogen-bond acceptors (Lipinski definition) is 4. The lowest BCUT2D eigenvalue weighted by molar-refractivity contribution is 0.476. The summed E-state index contributed by atoms with van der Waals surface area (Å²) < 4.78 is 53.9. The topological polar surface area (TPSA) is 72.2 Å². The minimum atomic E-state index is -4.08. The first-order chi connectivity index (χ1) is 9.44. The SMILES string of the molecule is NCc1cc(F)c(F)c(S(=O)(=O)NC2CCSCC2)c1. The van der Waals surface area contributed by atoms with Gasteiger partial charge in [0.2, 0.25) is 10.0 Å². The zero-order chi connectivity index (χ0) is 14.8. The Morgan fingerprint density at radius 2 is 1.95 bits per heavy atom. The van der Waals surface area contributed by atoms with Gasteiger partial charge in [0.15, 0.2) is 11.6 Å². The largest absolute Gasteiger partial charge is 0.326 e. The molecule has 1 aliphatic rings. The summed E-state index contributed by atoms with van der Waals surface area (Å²) in [5.41, 5.74) is 5.60. The van der Waals surface area contributed by atoms with Crippen LogP contribution in [0.3, 0.4) is 0 Å². The smallest absolute Gasteiger partial charge is 0.243 e. The van der Waals surface area contributed by atoms with Crippen LogP contribution in [0.25, 0.3) is 0 Å². The Kier molecular flexibility index (Phi) is 5.00. The van der Waals surface area contributed by atoms with Gasteiger partial charge < -0.3 is 5.73 Å². The molecular weight excluding hydrogens is 306 g/mol. The number of thioether (sulfide) groups is 1. The molecule has 0 amide bonds. The maximum atomic E-state index is 13.7. The molecule has 0 radical (unpaired) electrons. The summed E-state index contributed by atoms with van der Waals surface area (Å²) in [6.45, 7) is -0.0558. The first-order valence-electron chi connectivity index (χ1n) is 6.22. The average Bonchev–Trinajstić information content (AvgIpc) is 2.42. The third-order valence-corrected chi connectivity index (χ3v) is 5.69. The zero-order valence-electron chi connectivity index (χ0n) is 10.7. The summed E-state index contributed by atoms with van der Waals surface area (Å²) in [5.74, 6) is -0.855. The second-order valence-corrected chi connectivity index (χ2v) is 7.51. The molecule has 1 aromatic carbocycles. The average molecular weight is 322 g/mol. The van der Waals surface area contributed by atoms with E-state index in [9.17, 15) is 17.2 Å². The summed E-state index contributed by atoms with van der Waals surface area (Å²) >= 11 is 1.75. The molecule has 2 rings (SSSR count). The fourth-order valence-corrected chi connectivity index (χ4v) is 4.58. The van der Waals surface area contributed by atoms with Gasteiger partial charge in [-0.15, -0.1) is 0 Å². The van der Waals surface area contributed by atoms with Gasteiger partial charge in [0.25, 0.3) is 0 Å². The minimum absolute atomic E-state index is 0.0558. The van der Waals surface area contributed by atoms with Gasteiger partial charge in [-0.3, -0.25) is 0 Å². The summed E-state index contributed by atoms with van der Waals surface area (Å²) in [7, 11) is -4.08. The Morgan fingerprint density at radius 1 is 1.30 bits per heavy atom. The van der Waals surface area contributed by atoms with Crippen LogP contribution in [-0.4, -0.2) is 26.0 Å². The van der Waals surface area contributed by atoms with Gasteiger partial charge >= 0.3 is 0 Å². The van der Waals surface area contributed by atoms with E-state index in [0.29, 0.717) is 12.8 Å². The second-order valence-electron chi connectivity index (χ2n) is 4.60. The highest BCUT2D eigenvalue weighted by Gasteiger charge is 2.26. The molecule has 4 nitrogen and oxygen atoms in total. The molecule has 112 valence electrons. The van der Waals surface area contributed by atoms with Crippen LogP contribution in [0.1, 0.15) is 18.4 Å². The van der Waals surface area contributed by atoms with E-state index in [4.69, 9.17) is 5.73 Å². The van der Waals surface area contributed by atoms with Crippen LogP contribution in [0.15, 0.2) is 17.0 Å². The molecule has 1 aromatic rings. The van der Waals surface area contributed by atoms with Crippen molar-refractivity contribution >= 4 is 21.8 Å². The summed E-state index contributed by atoms with van der Waals surface area (Å²) in [4.78, 5) is -0.670. The fraction of sp³-hybridized carbons (Fsp3) is 0.500. The first-order valence-corrected chi connectivity index (χ1v) is 8.86. The van der Waals surface area contributed by atoms with E-state index in [2.05, 4.69) is 4.72 Å². The van der Waals surface area contributed by atoms with Crippen molar-refractivity contribution in [1.82, 2.24) is 4.72 Å². The number of nitrogens with two attached hydrogens (primary N) is 1. The highest BCUT2D eigenvalue weighted by atomic mass is 32.2. The molecule has 0 saturated carbocycles. The molecule has 1 saturated heterocycles. The maximum absolute atomic E-state index is 13.7. The molecule has 0 unspecified atom stereocenters. The van der Waals surface area contributed by atoms with E-state index in [1.54, 1.807) is 11.8 Å². The lowest BCUT2D eigenvalue weighted by atomic mass is 10.2. The Labute approximate surface area is 121 Å². The van der Waals surface area contributed by atoms with Crippen molar-refractivity contribution in [3.05, 3.63) is 29.3 Å². The third-order valence-electron chi connectivity index (χ3n) is 3.12. The Balaban J connectivity index is 2.30. The second kappa shape index (κ2) is 6.38. The van der Waals surface area contributed by atoms with Crippen LogP contribution >= 0.6 is 11.8 Å².